The number of carbonyl (C=O) groups excluding carboxylic acids is 2. The van der Waals surface area contributed by atoms with E-state index < -0.39 is 17.9 Å². The summed E-state index contributed by atoms with van der Waals surface area (Å²) in [5, 5.41) is 34.1. The van der Waals surface area contributed by atoms with Crippen molar-refractivity contribution < 1.29 is 19.5 Å². The van der Waals surface area contributed by atoms with Gasteiger partial charge in [0.1, 0.15) is 11.9 Å². The Kier molecular flexibility index (Phi) is 11.4. The van der Waals surface area contributed by atoms with E-state index in [0.29, 0.717) is 24.8 Å². The fraction of sp³-hybridized carbons (Fsp3) is 0.471. The van der Waals surface area contributed by atoms with Crippen LogP contribution in [0.2, 0.25) is 0 Å². The second-order valence-electron chi connectivity index (χ2n) is 12.3. The lowest BCUT2D eigenvalue weighted by molar-refractivity contribution is -0.141. The number of unbranched alkanes of at least 4 members (excludes halogenated alkanes) is 1. The highest BCUT2D eigenvalue weighted by Gasteiger charge is 2.27. The number of benzene rings is 2. The van der Waals surface area contributed by atoms with Crippen LogP contribution in [0.3, 0.4) is 0 Å². The van der Waals surface area contributed by atoms with Crippen LogP contribution in [0, 0.1) is 5.92 Å². The van der Waals surface area contributed by atoms with E-state index in [-0.39, 0.29) is 24.7 Å². The number of aliphatic carboxylic acids is 1. The molecule has 1 unspecified atom stereocenters. The zero-order chi connectivity index (χ0) is 33.2. The Morgan fingerprint density at radius 1 is 1.04 bits per heavy atom. The molecule has 1 aliphatic carbocycles. The van der Waals surface area contributed by atoms with Crippen molar-refractivity contribution in [2.75, 3.05) is 6.54 Å². The largest absolute Gasteiger partial charge is 0.480 e. The molecule has 2 aromatic heterocycles. The van der Waals surface area contributed by atoms with Crippen LogP contribution < -0.4 is 10.6 Å². The van der Waals surface area contributed by atoms with E-state index in [9.17, 15) is 19.5 Å². The molecule has 1 aliphatic rings. The third-order valence-corrected chi connectivity index (χ3v) is 8.76. The number of hydrogen-bond acceptors (Lipinski definition) is 8. The van der Waals surface area contributed by atoms with E-state index in [2.05, 4.69) is 73.2 Å². The highest BCUT2D eigenvalue weighted by Crippen LogP contribution is 2.35. The summed E-state index contributed by atoms with van der Waals surface area (Å²) in [6.07, 6.45) is 6.94. The van der Waals surface area contributed by atoms with Gasteiger partial charge in [-0.05, 0) is 66.3 Å². The summed E-state index contributed by atoms with van der Waals surface area (Å²) in [5.41, 5.74) is 4.17. The Hall–Kier alpha value is -4.94. The first-order valence-corrected chi connectivity index (χ1v) is 16.4. The fourth-order valence-electron chi connectivity index (χ4n) is 6.13. The van der Waals surface area contributed by atoms with E-state index in [1.807, 2.05) is 18.2 Å². The number of rotatable bonds is 15. The highest BCUT2D eigenvalue weighted by molar-refractivity contribution is 5.83. The second kappa shape index (κ2) is 16.1. The summed E-state index contributed by atoms with van der Waals surface area (Å²) < 4.78 is 2.06. The lowest BCUT2D eigenvalue weighted by atomic mass is 9.81. The van der Waals surface area contributed by atoms with Crippen LogP contribution in [0.5, 0.6) is 0 Å². The fourth-order valence-corrected chi connectivity index (χ4v) is 6.13. The molecule has 2 aromatic carbocycles. The molecule has 1 atom stereocenters. The Labute approximate surface area is 274 Å². The van der Waals surface area contributed by atoms with Crippen molar-refractivity contribution in [3.63, 3.8) is 0 Å². The topological polar surface area (TPSA) is 181 Å². The molecule has 4 aromatic rings. The molecule has 47 heavy (non-hydrogen) atoms. The van der Waals surface area contributed by atoms with Gasteiger partial charge < -0.3 is 15.7 Å². The first-order chi connectivity index (χ1) is 22.8. The Morgan fingerprint density at radius 3 is 2.45 bits per heavy atom. The van der Waals surface area contributed by atoms with E-state index in [0.717, 1.165) is 78.8 Å². The summed E-state index contributed by atoms with van der Waals surface area (Å²) in [5.74, 6) is 1.34. The van der Waals surface area contributed by atoms with Gasteiger partial charge in [0.05, 0.1) is 6.54 Å². The van der Waals surface area contributed by atoms with Crippen LogP contribution >= 0.6 is 0 Å². The molecule has 0 aliphatic heterocycles. The molecule has 13 heteroatoms. The molecule has 0 bridgehead atoms. The Balaban J connectivity index is 1.16. The molecule has 2 amide bonds. The van der Waals surface area contributed by atoms with E-state index >= 15 is 0 Å². The van der Waals surface area contributed by atoms with E-state index in [1.54, 1.807) is 0 Å². The minimum Gasteiger partial charge on any atom is -0.480 e. The second-order valence-corrected chi connectivity index (χ2v) is 12.3. The van der Waals surface area contributed by atoms with Gasteiger partial charge in [0.15, 0.2) is 5.82 Å². The molecular formula is C34H43N9O4. The SMILES string of the molecule is CCCCc1nc(C2CCC(CNC(=O)CCC(NC(C)=O)C(=O)O)CC2)nn1Cc1ccc(-c2ccccc2-c2nn[nH]n2)cc1. The average molecular weight is 642 g/mol. The Morgan fingerprint density at radius 2 is 1.79 bits per heavy atom. The lowest BCUT2D eigenvalue weighted by Crippen LogP contribution is -2.40. The lowest BCUT2D eigenvalue weighted by Gasteiger charge is -2.27. The molecule has 1 fully saturated rings. The van der Waals surface area contributed by atoms with Crippen molar-refractivity contribution in [1.29, 1.82) is 0 Å². The first kappa shape index (κ1) is 33.4. The summed E-state index contributed by atoms with van der Waals surface area (Å²) in [7, 11) is 0. The normalized spacial score (nSPS) is 16.8. The highest BCUT2D eigenvalue weighted by atomic mass is 16.4. The Bertz CT molecular complexity index is 1630. The van der Waals surface area contributed by atoms with E-state index in [1.165, 1.54) is 6.92 Å². The quantitative estimate of drug-likeness (QED) is 0.147. The smallest absolute Gasteiger partial charge is 0.326 e. The molecule has 0 radical (unpaired) electrons. The molecule has 248 valence electrons. The standard InChI is InChI=1S/C34H43N9O4/c1-3-4-9-30-37-32(26-16-10-23(11-17-26)20-35-31(45)19-18-29(34(46)47)36-22(2)44)40-43(30)21-24-12-14-25(15-13-24)27-7-5-6-8-28(27)33-38-41-42-39-33/h5-8,12-15,23,26,29H,3-4,9-11,16-21H2,1-2H3,(H,35,45)(H,36,44)(H,46,47)(H,38,39,41,42). The van der Waals surface area contributed by atoms with Crippen LogP contribution in [0.25, 0.3) is 22.5 Å². The zero-order valence-corrected chi connectivity index (χ0v) is 27.0. The van der Waals surface area contributed by atoms with Crippen molar-refractivity contribution in [2.24, 2.45) is 5.92 Å². The van der Waals surface area contributed by atoms with Gasteiger partial charge in [0, 0.05) is 37.8 Å². The summed E-state index contributed by atoms with van der Waals surface area (Å²) in [6, 6.07) is 15.5. The van der Waals surface area contributed by atoms with Crippen LogP contribution in [0.15, 0.2) is 48.5 Å². The maximum absolute atomic E-state index is 12.4. The molecule has 4 N–H and O–H groups in total. The number of hydrogen-bond donors (Lipinski definition) is 4. The number of nitrogens with zero attached hydrogens (tertiary/aromatic N) is 6. The van der Waals surface area contributed by atoms with E-state index in [4.69, 9.17) is 10.1 Å². The number of aromatic amines is 1. The van der Waals surface area contributed by atoms with Gasteiger partial charge in [0.25, 0.3) is 0 Å². The van der Waals surface area contributed by atoms with Gasteiger partial charge in [-0.1, -0.05) is 61.9 Å². The number of tetrazole rings is 1. The number of amides is 2. The molecule has 0 spiro atoms. The zero-order valence-electron chi connectivity index (χ0n) is 27.0. The predicted octanol–water partition coefficient (Wildman–Crippen LogP) is 4.28. The predicted molar refractivity (Wildman–Crippen MR) is 175 cm³/mol. The first-order valence-electron chi connectivity index (χ1n) is 16.4. The molecular weight excluding hydrogens is 598 g/mol. The van der Waals surface area contributed by atoms with Crippen molar-refractivity contribution >= 4 is 17.8 Å². The number of carboxylic acid groups (broad SMARTS) is 1. The van der Waals surface area contributed by atoms with Crippen molar-refractivity contribution in [2.45, 2.75) is 90.1 Å². The van der Waals surface area contributed by atoms with Crippen LogP contribution in [0.1, 0.15) is 88.3 Å². The van der Waals surface area contributed by atoms with Crippen molar-refractivity contribution in [1.82, 2.24) is 46.0 Å². The molecule has 0 saturated heterocycles. The molecule has 1 saturated carbocycles. The van der Waals surface area contributed by atoms with Gasteiger partial charge >= 0.3 is 5.97 Å². The van der Waals surface area contributed by atoms with Crippen LogP contribution in [0.4, 0.5) is 0 Å². The number of H-pyrrole nitrogens is 1. The number of aromatic nitrogens is 7. The van der Waals surface area contributed by atoms with Gasteiger partial charge in [-0.25, -0.2) is 14.5 Å². The van der Waals surface area contributed by atoms with Gasteiger partial charge in [-0.15, -0.1) is 10.2 Å². The van der Waals surface area contributed by atoms with Gasteiger partial charge in [0.2, 0.25) is 17.6 Å². The van der Waals surface area contributed by atoms with Crippen molar-refractivity contribution in [3.8, 4) is 22.5 Å². The molecule has 5 rings (SSSR count). The number of aryl methyl sites for hydroxylation is 1. The van der Waals surface area contributed by atoms with Gasteiger partial charge in [-0.3, -0.25) is 9.59 Å². The minimum atomic E-state index is -1.14. The summed E-state index contributed by atoms with van der Waals surface area (Å²) in [4.78, 5) is 39.9. The maximum atomic E-state index is 12.4. The third-order valence-electron chi connectivity index (χ3n) is 8.76. The van der Waals surface area contributed by atoms with Crippen LogP contribution in [-0.2, 0) is 27.3 Å². The third kappa shape index (κ3) is 9.08. The average Bonchev–Trinajstić information content (AvgIpc) is 3.76. The monoisotopic (exact) mass is 641 g/mol. The molecule has 2 heterocycles. The summed E-state index contributed by atoms with van der Waals surface area (Å²) >= 11 is 0. The maximum Gasteiger partial charge on any atom is 0.326 e. The number of nitrogens with one attached hydrogen (secondary N) is 3. The van der Waals surface area contributed by atoms with Crippen molar-refractivity contribution in [3.05, 3.63) is 65.7 Å². The minimum absolute atomic E-state index is 0.0464. The molecule has 13 nitrogen and oxygen atoms in total. The van der Waals surface area contributed by atoms with Gasteiger partial charge in [-0.2, -0.15) is 10.3 Å². The number of carboxylic acids is 1. The van der Waals surface area contributed by atoms with Crippen LogP contribution in [-0.4, -0.2) is 70.9 Å². The summed E-state index contributed by atoms with van der Waals surface area (Å²) in [6.45, 7) is 4.65. The number of carbonyl (C=O) groups is 3.